The number of hydrogen-bond acceptors (Lipinski definition) is 6. The number of aliphatic carboxylic acids is 1. The van der Waals surface area contributed by atoms with Crippen molar-refractivity contribution in [2.75, 3.05) is 6.61 Å². The highest BCUT2D eigenvalue weighted by molar-refractivity contribution is 5.70. The second-order valence-corrected chi connectivity index (χ2v) is 7.57. The van der Waals surface area contributed by atoms with Gasteiger partial charge in [-0.05, 0) is 36.3 Å². The largest absolute Gasteiger partial charge is 0.481 e. The zero-order valence-electron chi connectivity index (χ0n) is 16.1. The van der Waals surface area contributed by atoms with Gasteiger partial charge in [-0.1, -0.05) is 24.3 Å². The molecular formula is C21H26O7. The first kappa shape index (κ1) is 20.3. The molecule has 152 valence electrons. The second-order valence-electron chi connectivity index (χ2n) is 7.57. The first-order valence-corrected chi connectivity index (χ1v) is 9.60. The number of hydrogen-bond donors (Lipinski definition) is 1. The Morgan fingerprint density at radius 1 is 1.14 bits per heavy atom. The molecule has 5 atom stereocenters. The second kappa shape index (κ2) is 8.73. The normalized spacial score (nSPS) is 26.6. The number of carbonyl (C=O) groups excluding carboxylic acids is 2. The monoisotopic (exact) mass is 390 g/mol. The number of fused-ring (bicyclic) bond motifs is 2. The van der Waals surface area contributed by atoms with E-state index in [9.17, 15) is 14.4 Å². The average molecular weight is 390 g/mol. The van der Waals surface area contributed by atoms with Crippen molar-refractivity contribution in [3.63, 3.8) is 0 Å². The lowest BCUT2D eigenvalue weighted by Crippen LogP contribution is -2.33. The summed E-state index contributed by atoms with van der Waals surface area (Å²) in [5.41, 5.74) is 1.42. The van der Waals surface area contributed by atoms with Crippen molar-refractivity contribution in [2.24, 2.45) is 11.8 Å². The van der Waals surface area contributed by atoms with Gasteiger partial charge in [0, 0.05) is 19.8 Å². The third kappa shape index (κ3) is 4.90. The Labute approximate surface area is 164 Å². The number of carboxylic acids is 1. The fourth-order valence-corrected chi connectivity index (χ4v) is 4.42. The van der Waals surface area contributed by atoms with Crippen LogP contribution in [0, 0.1) is 11.8 Å². The van der Waals surface area contributed by atoms with E-state index < -0.39 is 18.0 Å². The van der Waals surface area contributed by atoms with Gasteiger partial charge in [0.15, 0.2) is 0 Å². The van der Waals surface area contributed by atoms with E-state index in [2.05, 4.69) is 0 Å². The van der Waals surface area contributed by atoms with Crippen LogP contribution in [0.25, 0.3) is 0 Å². The molecule has 2 fully saturated rings. The molecule has 1 N–H and O–H groups in total. The fraction of sp³-hybridized carbons (Fsp3) is 0.571. The molecule has 28 heavy (non-hydrogen) atoms. The lowest BCUT2D eigenvalue weighted by molar-refractivity contribution is -0.148. The Morgan fingerprint density at radius 3 is 2.50 bits per heavy atom. The predicted octanol–water partition coefficient (Wildman–Crippen LogP) is 2.66. The van der Waals surface area contributed by atoms with Crippen molar-refractivity contribution in [3.05, 3.63) is 35.4 Å². The molecule has 7 heteroatoms. The minimum atomic E-state index is -0.913. The van der Waals surface area contributed by atoms with Crippen LogP contribution in [0.1, 0.15) is 50.3 Å². The van der Waals surface area contributed by atoms with Crippen LogP contribution in [0.4, 0.5) is 0 Å². The van der Waals surface area contributed by atoms with Crippen LogP contribution in [0.2, 0.25) is 0 Å². The summed E-state index contributed by atoms with van der Waals surface area (Å²) in [6.45, 7) is 3.05. The van der Waals surface area contributed by atoms with Gasteiger partial charge < -0.3 is 19.3 Å². The molecular weight excluding hydrogens is 364 g/mol. The van der Waals surface area contributed by atoms with Gasteiger partial charge in [0.2, 0.25) is 0 Å². The number of rotatable bonds is 8. The van der Waals surface area contributed by atoms with E-state index in [0.29, 0.717) is 18.6 Å². The standard InChI is InChI=1S/C21H26O7/c1-12(22)26-11-17-16(18-6-7-19(17)28-18)10-20(27-13(2)23)15-5-3-4-14(8-15)9-21(24)25/h3-5,8,16-20H,6-7,9-11H2,1-2H3,(H,24,25)/t16-,17+,18?,19-,20+/m1/s1. The van der Waals surface area contributed by atoms with Gasteiger partial charge in [0.05, 0.1) is 25.2 Å². The van der Waals surface area contributed by atoms with Gasteiger partial charge in [-0.3, -0.25) is 14.4 Å². The summed E-state index contributed by atoms with van der Waals surface area (Å²) < 4.78 is 16.9. The quantitative estimate of drug-likeness (QED) is 0.681. The molecule has 1 unspecified atom stereocenters. The van der Waals surface area contributed by atoms with Gasteiger partial charge >= 0.3 is 17.9 Å². The van der Waals surface area contributed by atoms with Crippen molar-refractivity contribution >= 4 is 17.9 Å². The molecule has 0 amide bonds. The van der Waals surface area contributed by atoms with E-state index in [-0.39, 0.29) is 36.4 Å². The molecule has 0 aromatic heterocycles. The maximum atomic E-state index is 11.7. The van der Waals surface area contributed by atoms with Crippen molar-refractivity contribution in [2.45, 2.75) is 57.8 Å². The maximum absolute atomic E-state index is 11.7. The van der Waals surface area contributed by atoms with Gasteiger partial charge in [-0.25, -0.2) is 0 Å². The molecule has 0 aliphatic carbocycles. The summed E-state index contributed by atoms with van der Waals surface area (Å²) in [7, 11) is 0. The molecule has 1 aromatic carbocycles. The summed E-state index contributed by atoms with van der Waals surface area (Å²) in [6.07, 6.45) is 1.96. The van der Waals surface area contributed by atoms with E-state index in [1.807, 2.05) is 6.07 Å². The molecule has 0 radical (unpaired) electrons. The predicted molar refractivity (Wildman–Crippen MR) is 98.4 cm³/mol. The van der Waals surface area contributed by atoms with Crippen molar-refractivity contribution in [3.8, 4) is 0 Å². The lowest BCUT2D eigenvalue weighted by atomic mass is 9.76. The van der Waals surface area contributed by atoms with Crippen LogP contribution in [-0.4, -0.2) is 41.8 Å². The smallest absolute Gasteiger partial charge is 0.307 e. The van der Waals surface area contributed by atoms with Gasteiger partial charge in [-0.2, -0.15) is 0 Å². The van der Waals surface area contributed by atoms with Crippen LogP contribution in [0.5, 0.6) is 0 Å². The minimum Gasteiger partial charge on any atom is -0.481 e. The highest BCUT2D eigenvalue weighted by Crippen LogP contribution is 2.47. The van der Waals surface area contributed by atoms with Crippen LogP contribution in [0.3, 0.4) is 0 Å². The fourth-order valence-electron chi connectivity index (χ4n) is 4.42. The molecule has 3 rings (SSSR count). The van der Waals surface area contributed by atoms with Crippen molar-refractivity contribution in [1.82, 2.24) is 0 Å². The van der Waals surface area contributed by atoms with Crippen molar-refractivity contribution in [1.29, 1.82) is 0 Å². The number of carbonyl (C=O) groups is 3. The number of benzene rings is 1. The van der Waals surface area contributed by atoms with E-state index in [1.54, 1.807) is 18.2 Å². The van der Waals surface area contributed by atoms with E-state index in [1.165, 1.54) is 13.8 Å². The highest BCUT2D eigenvalue weighted by Gasteiger charge is 2.50. The Morgan fingerprint density at radius 2 is 1.86 bits per heavy atom. The molecule has 2 bridgehead atoms. The van der Waals surface area contributed by atoms with Crippen LogP contribution >= 0.6 is 0 Å². The number of carboxylic acid groups (broad SMARTS) is 1. The lowest BCUT2D eigenvalue weighted by Gasteiger charge is -2.30. The van der Waals surface area contributed by atoms with Gasteiger partial charge in [0.1, 0.15) is 6.10 Å². The first-order chi connectivity index (χ1) is 13.3. The molecule has 2 heterocycles. The minimum absolute atomic E-state index is 0.0608. The summed E-state index contributed by atoms with van der Waals surface area (Å²) in [5.74, 6) is -1.45. The van der Waals surface area contributed by atoms with E-state index >= 15 is 0 Å². The third-order valence-electron chi connectivity index (χ3n) is 5.54. The molecule has 7 nitrogen and oxygen atoms in total. The number of ether oxygens (including phenoxy) is 3. The highest BCUT2D eigenvalue weighted by atomic mass is 16.5. The maximum Gasteiger partial charge on any atom is 0.307 e. The summed E-state index contributed by atoms with van der Waals surface area (Å²) in [4.78, 5) is 34.0. The molecule has 2 aliphatic heterocycles. The van der Waals surface area contributed by atoms with Crippen LogP contribution in [0.15, 0.2) is 24.3 Å². The third-order valence-corrected chi connectivity index (χ3v) is 5.54. The Kier molecular flexibility index (Phi) is 6.34. The Hall–Kier alpha value is -2.41. The average Bonchev–Trinajstić information content (AvgIpc) is 3.20. The van der Waals surface area contributed by atoms with E-state index in [4.69, 9.17) is 19.3 Å². The van der Waals surface area contributed by atoms with Crippen LogP contribution in [-0.2, 0) is 35.0 Å². The summed E-state index contributed by atoms with van der Waals surface area (Å²) in [5, 5.41) is 9.04. The molecule has 0 spiro atoms. The zero-order chi connectivity index (χ0) is 20.3. The Balaban J connectivity index is 1.79. The number of esters is 2. The first-order valence-electron chi connectivity index (χ1n) is 9.60. The Bertz CT molecular complexity index is 744. The zero-order valence-corrected chi connectivity index (χ0v) is 16.1. The SMILES string of the molecule is CC(=O)OC[C@@H]1[C@H]2CCC(O2)[C@@H]1C[C@H](OC(C)=O)c1cccc(CC(=O)O)c1. The van der Waals surface area contributed by atoms with Crippen LogP contribution < -0.4 is 0 Å². The van der Waals surface area contributed by atoms with Crippen molar-refractivity contribution < 1.29 is 33.7 Å². The van der Waals surface area contributed by atoms with E-state index in [0.717, 1.165) is 18.4 Å². The summed E-state index contributed by atoms with van der Waals surface area (Å²) in [6, 6.07) is 7.13. The molecule has 0 saturated carbocycles. The molecule has 2 aliphatic rings. The molecule has 2 saturated heterocycles. The summed E-state index contributed by atoms with van der Waals surface area (Å²) >= 11 is 0. The topological polar surface area (TPSA) is 99.1 Å². The molecule has 1 aromatic rings. The van der Waals surface area contributed by atoms with Gasteiger partial charge in [-0.15, -0.1) is 0 Å². The van der Waals surface area contributed by atoms with Gasteiger partial charge in [0.25, 0.3) is 0 Å².